The largest absolute Gasteiger partial charge is 0.491 e. The van der Waals surface area contributed by atoms with Gasteiger partial charge in [0.15, 0.2) is 17.4 Å². The molecule has 0 amide bonds. The van der Waals surface area contributed by atoms with Crippen LogP contribution in [0.3, 0.4) is 0 Å². The average Bonchev–Trinajstić information content (AvgIpc) is 2.12. The summed E-state index contributed by atoms with van der Waals surface area (Å²) >= 11 is 0. The highest BCUT2D eigenvalue weighted by molar-refractivity contribution is 5.35. The first-order valence-corrected chi connectivity index (χ1v) is 3.69. The Kier molecular flexibility index (Phi) is 2.97. The first-order chi connectivity index (χ1) is 6.61. The number of methoxy groups -OCH3 is 1. The molecule has 0 fully saturated rings. The third-order valence-electron chi connectivity index (χ3n) is 1.68. The highest BCUT2D eigenvalue weighted by Crippen LogP contribution is 2.26. The second-order valence-corrected chi connectivity index (χ2v) is 2.50. The molecule has 1 aromatic rings. The van der Waals surface area contributed by atoms with Crippen LogP contribution in [0.15, 0.2) is 6.07 Å². The van der Waals surface area contributed by atoms with E-state index in [0.717, 1.165) is 7.11 Å². The molecule has 0 atom stereocenters. The van der Waals surface area contributed by atoms with Gasteiger partial charge < -0.3 is 4.74 Å². The van der Waals surface area contributed by atoms with Crippen LogP contribution in [0.5, 0.6) is 5.75 Å². The van der Waals surface area contributed by atoms with E-state index < -0.39 is 35.2 Å². The van der Waals surface area contributed by atoms with Crippen LogP contribution in [-0.4, -0.2) is 7.11 Å². The molecule has 0 heterocycles. The number of halogens is 3. The van der Waals surface area contributed by atoms with Crippen LogP contribution in [0.4, 0.5) is 13.2 Å². The molecule has 0 aliphatic rings. The predicted molar refractivity (Wildman–Crippen MR) is 42.2 cm³/mol. The molecule has 0 aliphatic carbocycles. The van der Waals surface area contributed by atoms with Crippen molar-refractivity contribution in [2.45, 2.75) is 6.42 Å². The molecule has 1 aromatic carbocycles. The van der Waals surface area contributed by atoms with Crippen molar-refractivity contribution >= 4 is 0 Å². The Morgan fingerprint density at radius 2 is 2.00 bits per heavy atom. The fourth-order valence-corrected chi connectivity index (χ4v) is 1.04. The Hall–Kier alpha value is -1.70. The number of nitrogens with zero attached hydrogens (tertiary/aromatic N) is 1. The van der Waals surface area contributed by atoms with Gasteiger partial charge in [0, 0.05) is 11.6 Å². The maximum Gasteiger partial charge on any atom is 0.190 e. The maximum absolute atomic E-state index is 13.2. The van der Waals surface area contributed by atoms with Crippen molar-refractivity contribution in [1.82, 2.24) is 0 Å². The summed E-state index contributed by atoms with van der Waals surface area (Å²) in [5.41, 5.74) is -0.481. The molecule has 0 radical (unpaired) electrons. The lowest BCUT2D eigenvalue weighted by molar-refractivity contribution is 0.353. The normalized spacial score (nSPS) is 9.64. The molecule has 0 unspecified atom stereocenters. The average molecular weight is 201 g/mol. The van der Waals surface area contributed by atoms with E-state index in [1.807, 2.05) is 0 Å². The molecule has 5 heteroatoms. The van der Waals surface area contributed by atoms with E-state index in [9.17, 15) is 13.2 Å². The molecule has 2 nitrogen and oxygen atoms in total. The second kappa shape index (κ2) is 4.01. The number of ether oxygens (including phenoxy) is 1. The standard InChI is InChI=1S/C9H6F3NO/c1-14-9-7(11)4-6(10)5(2-3-13)8(9)12/h4H,2H2,1H3. The Balaban J connectivity index is 3.37. The molecule has 1 rings (SSSR count). The molecule has 0 bridgehead atoms. The van der Waals surface area contributed by atoms with Crippen LogP contribution in [0.1, 0.15) is 5.56 Å². The van der Waals surface area contributed by atoms with Gasteiger partial charge in [-0.2, -0.15) is 5.26 Å². The van der Waals surface area contributed by atoms with Crippen molar-refractivity contribution in [3.8, 4) is 11.8 Å². The minimum atomic E-state index is -1.16. The van der Waals surface area contributed by atoms with Gasteiger partial charge in [-0.1, -0.05) is 0 Å². The minimum Gasteiger partial charge on any atom is -0.491 e. The van der Waals surface area contributed by atoms with Crippen LogP contribution in [-0.2, 0) is 6.42 Å². The van der Waals surface area contributed by atoms with Crippen LogP contribution in [0.25, 0.3) is 0 Å². The summed E-state index contributed by atoms with van der Waals surface area (Å²) in [5.74, 6) is -4.03. The van der Waals surface area contributed by atoms with Gasteiger partial charge in [0.05, 0.1) is 19.6 Å². The van der Waals surface area contributed by atoms with Crippen molar-refractivity contribution < 1.29 is 17.9 Å². The van der Waals surface area contributed by atoms with Crippen molar-refractivity contribution in [3.05, 3.63) is 29.1 Å². The number of rotatable bonds is 2. The monoisotopic (exact) mass is 201 g/mol. The Morgan fingerprint density at radius 3 is 2.50 bits per heavy atom. The van der Waals surface area contributed by atoms with E-state index in [1.165, 1.54) is 0 Å². The zero-order chi connectivity index (χ0) is 10.7. The summed E-state index contributed by atoms with van der Waals surface area (Å²) in [6, 6.07) is 2.07. The van der Waals surface area contributed by atoms with E-state index in [2.05, 4.69) is 4.74 Å². The Bertz CT molecular complexity index is 398. The third kappa shape index (κ3) is 1.64. The lowest BCUT2D eigenvalue weighted by atomic mass is 10.1. The van der Waals surface area contributed by atoms with Crippen molar-refractivity contribution in [2.75, 3.05) is 7.11 Å². The van der Waals surface area contributed by atoms with Crippen LogP contribution >= 0.6 is 0 Å². The fraction of sp³-hybridized carbons (Fsp3) is 0.222. The van der Waals surface area contributed by atoms with Gasteiger partial charge in [-0.15, -0.1) is 0 Å². The zero-order valence-corrected chi connectivity index (χ0v) is 7.27. The summed E-state index contributed by atoms with van der Waals surface area (Å²) in [7, 11) is 1.07. The quantitative estimate of drug-likeness (QED) is 0.734. The number of benzene rings is 1. The molecule has 0 saturated heterocycles. The van der Waals surface area contributed by atoms with Crippen molar-refractivity contribution in [1.29, 1.82) is 5.26 Å². The third-order valence-corrected chi connectivity index (χ3v) is 1.68. The van der Waals surface area contributed by atoms with Gasteiger partial charge in [0.1, 0.15) is 5.82 Å². The van der Waals surface area contributed by atoms with Gasteiger partial charge in [-0.25, -0.2) is 13.2 Å². The van der Waals surface area contributed by atoms with Crippen molar-refractivity contribution in [2.24, 2.45) is 0 Å². The summed E-state index contributed by atoms with van der Waals surface area (Å²) < 4.78 is 43.4. The van der Waals surface area contributed by atoms with E-state index >= 15 is 0 Å². The minimum absolute atomic E-state index is 0.464. The van der Waals surface area contributed by atoms with Crippen molar-refractivity contribution in [3.63, 3.8) is 0 Å². The lowest BCUT2D eigenvalue weighted by Crippen LogP contribution is -2.01. The summed E-state index contributed by atoms with van der Waals surface area (Å²) in [6.45, 7) is 0. The Labute approximate surface area is 78.5 Å². The number of hydrogen-bond acceptors (Lipinski definition) is 2. The first kappa shape index (κ1) is 10.4. The fourth-order valence-electron chi connectivity index (χ4n) is 1.04. The first-order valence-electron chi connectivity index (χ1n) is 3.69. The van der Waals surface area contributed by atoms with Crippen LogP contribution < -0.4 is 4.74 Å². The maximum atomic E-state index is 13.2. The smallest absolute Gasteiger partial charge is 0.190 e. The highest BCUT2D eigenvalue weighted by Gasteiger charge is 2.18. The van der Waals surface area contributed by atoms with Crippen LogP contribution in [0, 0.1) is 28.8 Å². The molecule has 0 N–H and O–H groups in total. The number of nitriles is 1. The molecule has 0 aliphatic heterocycles. The molecule has 0 saturated carbocycles. The number of hydrogen-bond donors (Lipinski definition) is 0. The predicted octanol–water partition coefficient (Wildman–Crippen LogP) is 2.18. The van der Waals surface area contributed by atoms with Gasteiger partial charge in [0.25, 0.3) is 0 Å². The molecule has 0 aromatic heterocycles. The van der Waals surface area contributed by atoms with E-state index in [0.29, 0.717) is 6.07 Å². The summed E-state index contributed by atoms with van der Waals surface area (Å²) in [6.07, 6.45) is -0.464. The van der Waals surface area contributed by atoms with Gasteiger partial charge >= 0.3 is 0 Å². The SMILES string of the molecule is COc1c(F)cc(F)c(CC#N)c1F. The van der Waals surface area contributed by atoms with Gasteiger partial charge in [-0.05, 0) is 0 Å². The molecule has 0 spiro atoms. The molecule has 74 valence electrons. The second-order valence-electron chi connectivity index (χ2n) is 2.50. The van der Waals surface area contributed by atoms with E-state index in [-0.39, 0.29) is 0 Å². The zero-order valence-electron chi connectivity index (χ0n) is 7.27. The topological polar surface area (TPSA) is 33.0 Å². The van der Waals surface area contributed by atoms with E-state index in [1.54, 1.807) is 6.07 Å². The van der Waals surface area contributed by atoms with Crippen LogP contribution in [0.2, 0.25) is 0 Å². The van der Waals surface area contributed by atoms with E-state index in [4.69, 9.17) is 5.26 Å². The summed E-state index contributed by atoms with van der Waals surface area (Å²) in [5, 5.41) is 8.28. The lowest BCUT2D eigenvalue weighted by Gasteiger charge is -2.07. The van der Waals surface area contributed by atoms with Gasteiger partial charge in [-0.3, -0.25) is 0 Å². The highest BCUT2D eigenvalue weighted by atomic mass is 19.1. The molecular formula is C9H6F3NO. The Morgan fingerprint density at radius 1 is 1.36 bits per heavy atom. The summed E-state index contributed by atoms with van der Waals surface area (Å²) in [4.78, 5) is 0. The molecule has 14 heavy (non-hydrogen) atoms. The van der Waals surface area contributed by atoms with Gasteiger partial charge in [0.2, 0.25) is 0 Å². The molecular weight excluding hydrogens is 195 g/mol.